The fraction of sp³-hybridized carbons (Fsp3) is 0.950. The highest BCUT2D eigenvalue weighted by molar-refractivity contribution is 5.75. The number of carbonyl (C=O) groups excluding carboxylic acids is 1. The molecule has 0 aromatic carbocycles. The summed E-state index contributed by atoms with van der Waals surface area (Å²) in [4.78, 5) is 12.8. The summed E-state index contributed by atoms with van der Waals surface area (Å²) in [5.74, 6) is 0. The minimum Gasteiger partial charge on any atom is -0.381 e. The summed E-state index contributed by atoms with van der Waals surface area (Å²) in [6.45, 7) is 1.73. The van der Waals surface area contributed by atoms with Crippen molar-refractivity contribution in [2.45, 2.75) is 95.6 Å². The van der Waals surface area contributed by atoms with E-state index in [1.54, 1.807) is 0 Å². The molecule has 0 aromatic heterocycles. The molecule has 2 atom stereocenters. The van der Waals surface area contributed by atoms with Gasteiger partial charge < -0.3 is 15.4 Å². The minimum absolute atomic E-state index is 0.103. The number of ether oxygens (including phenoxy) is 1. The van der Waals surface area contributed by atoms with E-state index in [0.717, 1.165) is 32.5 Å². The average Bonchev–Trinajstić information content (AvgIpc) is 3.20. The zero-order valence-corrected chi connectivity index (χ0v) is 15.1. The minimum atomic E-state index is 0.103. The lowest BCUT2D eigenvalue weighted by Gasteiger charge is -2.43. The molecule has 3 aliphatic carbocycles. The van der Waals surface area contributed by atoms with Gasteiger partial charge in [-0.1, -0.05) is 32.1 Å². The zero-order valence-electron chi connectivity index (χ0n) is 15.1. The van der Waals surface area contributed by atoms with Gasteiger partial charge in [-0.2, -0.15) is 0 Å². The van der Waals surface area contributed by atoms with Crippen LogP contribution >= 0.6 is 0 Å². The van der Waals surface area contributed by atoms with E-state index in [1.165, 1.54) is 64.2 Å². The Morgan fingerprint density at radius 2 is 1.21 bits per heavy atom. The Morgan fingerprint density at radius 1 is 0.708 bits per heavy atom. The SMILES string of the molecule is O=C(NC1CCCCC12CCCC2)NC1CCCC12CCOCC2. The summed E-state index contributed by atoms with van der Waals surface area (Å²) in [5.41, 5.74) is 0.731. The Balaban J connectivity index is 1.37. The Morgan fingerprint density at radius 3 is 1.88 bits per heavy atom. The first-order valence-electron chi connectivity index (χ1n) is 10.4. The van der Waals surface area contributed by atoms with Crippen LogP contribution in [0.15, 0.2) is 0 Å². The Bertz CT molecular complexity index is 453. The molecule has 2 N–H and O–H groups in total. The zero-order chi connectivity index (χ0) is 16.5. The lowest BCUT2D eigenvalue weighted by atomic mass is 9.69. The number of urea groups is 1. The van der Waals surface area contributed by atoms with Gasteiger partial charge in [0.15, 0.2) is 0 Å². The van der Waals surface area contributed by atoms with Crippen molar-refractivity contribution in [3.05, 3.63) is 0 Å². The van der Waals surface area contributed by atoms with E-state index in [4.69, 9.17) is 4.74 Å². The van der Waals surface area contributed by atoms with E-state index in [0.29, 0.717) is 22.9 Å². The predicted octanol–water partition coefficient (Wildman–Crippen LogP) is 4.14. The molecule has 1 heterocycles. The van der Waals surface area contributed by atoms with Crippen molar-refractivity contribution in [2.75, 3.05) is 13.2 Å². The van der Waals surface area contributed by atoms with Crippen LogP contribution in [-0.2, 0) is 4.74 Å². The van der Waals surface area contributed by atoms with Crippen LogP contribution in [0.2, 0.25) is 0 Å². The molecule has 1 aliphatic heterocycles. The maximum Gasteiger partial charge on any atom is 0.315 e. The van der Waals surface area contributed by atoms with Crippen molar-refractivity contribution in [3.8, 4) is 0 Å². The van der Waals surface area contributed by atoms with Gasteiger partial charge in [0, 0.05) is 25.3 Å². The second kappa shape index (κ2) is 6.86. The van der Waals surface area contributed by atoms with Crippen LogP contribution in [0.5, 0.6) is 0 Å². The predicted molar refractivity (Wildman–Crippen MR) is 94.9 cm³/mol. The monoisotopic (exact) mass is 334 g/mol. The number of amides is 2. The first kappa shape index (κ1) is 16.7. The largest absolute Gasteiger partial charge is 0.381 e. The molecule has 2 unspecified atom stereocenters. The van der Waals surface area contributed by atoms with Crippen LogP contribution < -0.4 is 10.6 Å². The topological polar surface area (TPSA) is 50.4 Å². The first-order chi connectivity index (χ1) is 11.7. The summed E-state index contributed by atoms with van der Waals surface area (Å²) in [7, 11) is 0. The summed E-state index contributed by atoms with van der Waals surface area (Å²) < 4.78 is 5.57. The van der Waals surface area contributed by atoms with Crippen molar-refractivity contribution in [2.24, 2.45) is 10.8 Å². The maximum absolute atomic E-state index is 12.8. The molecule has 4 nitrogen and oxygen atoms in total. The van der Waals surface area contributed by atoms with E-state index >= 15 is 0 Å². The average molecular weight is 335 g/mol. The fourth-order valence-electron chi connectivity index (χ4n) is 6.31. The first-order valence-corrected chi connectivity index (χ1v) is 10.4. The molecule has 4 rings (SSSR count). The van der Waals surface area contributed by atoms with Crippen LogP contribution in [0.25, 0.3) is 0 Å². The van der Waals surface area contributed by atoms with Crippen LogP contribution in [-0.4, -0.2) is 31.3 Å². The molecular weight excluding hydrogens is 300 g/mol. The van der Waals surface area contributed by atoms with E-state index in [1.807, 2.05) is 0 Å². The standard InChI is InChI=1S/C20H34N2O2/c23-18(21-16-6-1-2-8-19(16)9-3-4-10-19)22-17-7-5-11-20(17)12-14-24-15-13-20/h16-17H,1-15H2,(H2,21,22,23). The van der Waals surface area contributed by atoms with Crippen molar-refractivity contribution < 1.29 is 9.53 Å². The van der Waals surface area contributed by atoms with Crippen molar-refractivity contribution in [1.82, 2.24) is 10.6 Å². The van der Waals surface area contributed by atoms with Gasteiger partial charge >= 0.3 is 6.03 Å². The third-order valence-corrected chi connectivity index (χ3v) is 7.76. The van der Waals surface area contributed by atoms with Gasteiger partial charge in [-0.15, -0.1) is 0 Å². The van der Waals surface area contributed by atoms with Crippen LogP contribution in [0.3, 0.4) is 0 Å². The number of hydrogen-bond donors (Lipinski definition) is 2. The number of nitrogens with one attached hydrogen (secondary N) is 2. The molecule has 0 bridgehead atoms. The molecular formula is C20H34N2O2. The summed E-state index contributed by atoms with van der Waals surface area (Å²) in [6, 6.07) is 0.858. The molecule has 2 spiro atoms. The molecule has 4 aliphatic rings. The number of hydrogen-bond acceptors (Lipinski definition) is 2. The third-order valence-electron chi connectivity index (χ3n) is 7.76. The summed E-state index contributed by atoms with van der Waals surface area (Å²) >= 11 is 0. The molecule has 1 saturated heterocycles. The molecule has 4 fully saturated rings. The van der Waals surface area contributed by atoms with Crippen molar-refractivity contribution in [3.63, 3.8) is 0 Å². The van der Waals surface area contributed by atoms with Crippen molar-refractivity contribution in [1.29, 1.82) is 0 Å². The molecule has 0 radical (unpaired) electrons. The van der Waals surface area contributed by atoms with E-state index in [-0.39, 0.29) is 6.03 Å². The second-order valence-corrected chi connectivity index (χ2v) is 8.91. The summed E-state index contributed by atoms with van der Waals surface area (Å²) in [6.07, 6.45) is 16.4. The molecule has 0 aromatic rings. The smallest absolute Gasteiger partial charge is 0.315 e. The highest BCUT2D eigenvalue weighted by Crippen LogP contribution is 2.49. The lowest BCUT2D eigenvalue weighted by Crippen LogP contribution is -2.55. The van der Waals surface area contributed by atoms with Gasteiger partial charge in [0.25, 0.3) is 0 Å². The summed E-state index contributed by atoms with van der Waals surface area (Å²) in [5, 5.41) is 6.81. The van der Waals surface area contributed by atoms with E-state index in [9.17, 15) is 4.79 Å². The highest BCUT2D eigenvalue weighted by atomic mass is 16.5. The normalized spacial score (nSPS) is 34.5. The molecule has 24 heavy (non-hydrogen) atoms. The van der Waals surface area contributed by atoms with Crippen LogP contribution in [0.1, 0.15) is 83.5 Å². The second-order valence-electron chi connectivity index (χ2n) is 8.91. The number of carbonyl (C=O) groups is 1. The lowest BCUT2D eigenvalue weighted by molar-refractivity contribution is 0.00596. The van der Waals surface area contributed by atoms with Gasteiger partial charge in [0.2, 0.25) is 0 Å². The Hall–Kier alpha value is -0.770. The fourth-order valence-corrected chi connectivity index (χ4v) is 6.31. The Labute approximate surface area is 146 Å². The highest BCUT2D eigenvalue weighted by Gasteiger charge is 2.46. The van der Waals surface area contributed by atoms with Gasteiger partial charge in [-0.3, -0.25) is 0 Å². The van der Waals surface area contributed by atoms with Gasteiger partial charge in [0.05, 0.1) is 0 Å². The quantitative estimate of drug-likeness (QED) is 0.797. The molecule has 3 saturated carbocycles. The molecule has 4 heteroatoms. The van der Waals surface area contributed by atoms with E-state index < -0.39 is 0 Å². The number of rotatable bonds is 2. The van der Waals surface area contributed by atoms with Gasteiger partial charge in [0.1, 0.15) is 0 Å². The van der Waals surface area contributed by atoms with Gasteiger partial charge in [-0.05, 0) is 62.2 Å². The van der Waals surface area contributed by atoms with E-state index in [2.05, 4.69) is 10.6 Å². The molecule has 2 amide bonds. The van der Waals surface area contributed by atoms with Gasteiger partial charge in [-0.25, -0.2) is 4.79 Å². The Kier molecular flexibility index (Phi) is 4.77. The van der Waals surface area contributed by atoms with Crippen molar-refractivity contribution >= 4 is 6.03 Å². The van der Waals surface area contributed by atoms with Crippen LogP contribution in [0.4, 0.5) is 4.79 Å². The third kappa shape index (κ3) is 3.07. The maximum atomic E-state index is 12.8. The van der Waals surface area contributed by atoms with Crippen LogP contribution in [0, 0.1) is 10.8 Å². The molecule has 136 valence electrons.